The fourth-order valence-electron chi connectivity index (χ4n) is 3.68. The first-order valence-corrected chi connectivity index (χ1v) is 9.46. The maximum absolute atomic E-state index is 13.9. The van der Waals surface area contributed by atoms with Crippen molar-refractivity contribution in [3.8, 4) is 11.4 Å². The number of hydrogen-bond acceptors (Lipinski definition) is 3. The molecular formula is C23H19F2N3O2. The summed E-state index contributed by atoms with van der Waals surface area (Å²) in [6.45, 7) is 3.66. The van der Waals surface area contributed by atoms with Gasteiger partial charge in [0, 0.05) is 17.8 Å². The highest BCUT2D eigenvalue weighted by molar-refractivity contribution is 5.92. The molecule has 2 aromatic heterocycles. The molecule has 0 unspecified atom stereocenters. The summed E-state index contributed by atoms with van der Waals surface area (Å²) < 4.78 is 28.8. The molecule has 4 rings (SSSR count). The summed E-state index contributed by atoms with van der Waals surface area (Å²) in [5.41, 5.74) is 4.46. The average molecular weight is 407 g/mol. The summed E-state index contributed by atoms with van der Waals surface area (Å²) >= 11 is 0. The van der Waals surface area contributed by atoms with E-state index in [1.807, 2.05) is 29.7 Å². The fourth-order valence-corrected chi connectivity index (χ4v) is 3.68. The maximum atomic E-state index is 13.9. The van der Waals surface area contributed by atoms with E-state index in [4.69, 9.17) is 0 Å². The van der Waals surface area contributed by atoms with Crippen LogP contribution in [0, 0.1) is 25.5 Å². The molecule has 30 heavy (non-hydrogen) atoms. The summed E-state index contributed by atoms with van der Waals surface area (Å²) in [7, 11) is 0. The Morgan fingerprint density at radius 3 is 2.57 bits per heavy atom. The maximum Gasteiger partial charge on any atom is 0.335 e. The molecular weight excluding hydrogens is 388 g/mol. The zero-order valence-corrected chi connectivity index (χ0v) is 16.5. The van der Waals surface area contributed by atoms with Gasteiger partial charge >= 0.3 is 5.97 Å². The first-order chi connectivity index (χ1) is 14.3. The third-order valence-electron chi connectivity index (χ3n) is 5.29. The number of hydrogen-bond donors (Lipinski definition) is 1. The van der Waals surface area contributed by atoms with Crippen molar-refractivity contribution < 1.29 is 18.7 Å². The number of halogens is 2. The van der Waals surface area contributed by atoms with Crippen molar-refractivity contribution in [2.45, 2.75) is 26.7 Å². The van der Waals surface area contributed by atoms with Gasteiger partial charge < -0.3 is 5.11 Å². The zero-order valence-electron chi connectivity index (χ0n) is 16.5. The molecule has 0 atom stereocenters. The number of carbonyl (C=O) groups is 1. The highest BCUT2D eigenvalue weighted by Crippen LogP contribution is 2.29. The molecule has 152 valence electrons. The molecule has 0 aliphatic carbocycles. The van der Waals surface area contributed by atoms with Crippen molar-refractivity contribution in [3.63, 3.8) is 0 Å². The Morgan fingerprint density at radius 2 is 1.83 bits per heavy atom. The predicted octanol–water partition coefficient (Wildman–Crippen LogP) is 4.77. The summed E-state index contributed by atoms with van der Waals surface area (Å²) in [4.78, 5) is 11.5. The van der Waals surface area contributed by atoms with Crippen molar-refractivity contribution in [1.82, 2.24) is 14.6 Å². The number of rotatable bonds is 5. The Hall–Kier alpha value is -3.61. The van der Waals surface area contributed by atoms with E-state index in [0.717, 1.165) is 22.8 Å². The van der Waals surface area contributed by atoms with E-state index in [1.54, 1.807) is 19.1 Å². The Bertz CT molecular complexity index is 1280. The van der Waals surface area contributed by atoms with Gasteiger partial charge in [0.25, 0.3) is 0 Å². The van der Waals surface area contributed by atoms with Crippen LogP contribution < -0.4 is 0 Å². The van der Waals surface area contributed by atoms with Crippen LogP contribution in [0.3, 0.4) is 0 Å². The van der Waals surface area contributed by atoms with Crippen molar-refractivity contribution in [3.05, 3.63) is 88.1 Å². The Labute approximate surface area is 171 Å². The van der Waals surface area contributed by atoms with Gasteiger partial charge in [0.15, 0.2) is 11.5 Å². The van der Waals surface area contributed by atoms with Gasteiger partial charge in [-0.25, -0.2) is 13.6 Å². The van der Waals surface area contributed by atoms with Crippen LogP contribution in [-0.2, 0) is 12.8 Å². The van der Waals surface area contributed by atoms with Crippen LogP contribution in [0.15, 0.2) is 48.7 Å². The minimum absolute atomic E-state index is 0.218. The van der Waals surface area contributed by atoms with Crippen molar-refractivity contribution in [2.24, 2.45) is 0 Å². The first-order valence-electron chi connectivity index (χ1n) is 9.46. The quantitative estimate of drug-likeness (QED) is 0.517. The fraction of sp³-hybridized carbons (Fsp3) is 0.174. The Kier molecular flexibility index (Phi) is 5.03. The number of nitrogens with zero attached hydrogens (tertiary/aromatic N) is 3. The molecule has 0 bridgehead atoms. The van der Waals surface area contributed by atoms with Gasteiger partial charge in [-0.15, -0.1) is 10.2 Å². The molecule has 0 spiro atoms. The summed E-state index contributed by atoms with van der Waals surface area (Å²) in [6, 6.07) is 10.6. The number of aromatic carboxylic acids is 1. The largest absolute Gasteiger partial charge is 0.478 e. The van der Waals surface area contributed by atoms with Gasteiger partial charge in [0.1, 0.15) is 11.6 Å². The molecule has 4 aromatic rings. The zero-order chi connectivity index (χ0) is 21.4. The predicted molar refractivity (Wildman–Crippen MR) is 109 cm³/mol. The Morgan fingerprint density at radius 1 is 1.03 bits per heavy atom. The molecule has 0 saturated carbocycles. The average Bonchev–Trinajstić information content (AvgIpc) is 3.10. The van der Waals surface area contributed by atoms with Crippen LogP contribution in [0.25, 0.3) is 17.0 Å². The van der Waals surface area contributed by atoms with Crippen LogP contribution in [-0.4, -0.2) is 25.7 Å². The van der Waals surface area contributed by atoms with Crippen molar-refractivity contribution in [2.75, 3.05) is 0 Å². The van der Waals surface area contributed by atoms with Gasteiger partial charge in [0.2, 0.25) is 0 Å². The molecule has 2 heterocycles. The monoisotopic (exact) mass is 407 g/mol. The van der Waals surface area contributed by atoms with Crippen LogP contribution in [0.5, 0.6) is 0 Å². The second kappa shape index (κ2) is 7.67. The van der Waals surface area contributed by atoms with E-state index in [9.17, 15) is 18.7 Å². The topological polar surface area (TPSA) is 67.5 Å². The van der Waals surface area contributed by atoms with E-state index >= 15 is 0 Å². The third-order valence-corrected chi connectivity index (χ3v) is 5.29. The number of benzene rings is 2. The molecule has 0 aliphatic heterocycles. The molecule has 1 N–H and O–H groups in total. The van der Waals surface area contributed by atoms with Crippen LogP contribution in [0.4, 0.5) is 8.78 Å². The number of carboxylic acids is 1. The van der Waals surface area contributed by atoms with Crippen LogP contribution in [0.1, 0.15) is 32.6 Å². The minimum atomic E-state index is -0.996. The number of aromatic nitrogens is 3. The van der Waals surface area contributed by atoms with Gasteiger partial charge in [-0.05, 0) is 67.1 Å². The first kappa shape index (κ1) is 19.7. The van der Waals surface area contributed by atoms with Gasteiger partial charge in [0.05, 0.1) is 5.56 Å². The number of carboxylic acid groups (broad SMARTS) is 1. The van der Waals surface area contributed by atoms with Crippen LogP contribution in [0.2, 0.25) is 0 Å². The highest BCUT2D eigenvalue weighted by Gasteiger charge is 2.18. The molecule has 0 saturated heterocycles. The second-order valence-corrected chi connectivity index (χ2v) is 7.26. The SMILES string of the molecule is Cc1ccc(C(=O)O)c(C)c1-c1nnc2ccc(CCc3ccc(F)cc3F)cn12. The molecule has 0 aliphatic rings. The van der Waals surface area contributed by atoms with E-state index in [-0.39, 0.29) is 5.56 Å². The van der Waals surface area contributed by atoms with E-state index < -0.39 is 17.6 Å². The standard InChI is InChI=1S/C23H19F2N3O2/c1-13-3-9-18(23(29)30)14(2)21(13)22-27-26-20-10-5-15(12-28(20)22)4-6-16-7-8-17(24)11-19(16)25/h3,5,7-12H,4,6H2,1-2H3,(H,29,30). The highest BCUT2D eigenvalue weighted by atomic mass is 19.1. The van der Waals surface area contributed by atoms with Gasteiger partial charge in [-0.3, -0.25) is 4.40 Å². The number of aryl methyl sites for hydroxylation is 3. The molecule has 7 heteroatoms. The van der Waals surface area contributed by atoms with Gasteiger partial charge in [-0.1, -0.05) is 18.2 Å². The van der Waals surface area contributed by atoms with E-state index in [2.05, 4.69) is 10.2 Å². The van der Waals surface area contributed by atoms with Crippen molar-refractivity contribution in [1.29, 1.82) is 0 Å². The van der Waals surface area contributed by atoms with Crippen molar-refractivity contribution >= 4 is 11.6 Å². The lowest BCUT2D eigenvalue weighted by Crippen LogP contribution is -2.04. The van der Waals surface area contributed by atoms with Gasteiger partial charge in [-0.2, -0.15) is 0 Å². The van der Waals surface area contributed by atoms with E-state index in [1.165, 1.54) is 12.1 Å². The second-order valence-electron chi connectivity index (χ2n) is 7.26. The molecule has 0 fully saturated rings. The smallest absolute Gasteiger partial charge is 0.335 e. The number of fused-ring (bicyclic) bond motifs is 1. The summed E-state index contributed by atoms with van der Waals surface area (Å²) in [5, 5.41) is 17.9. The third kappa shape index (κ3) is 3.54. The molecule has 5 nitrogen and oxygen atoms in total. The van der Waals surface area contributed by atoms with E-state index in [0.29, 0.717) is 35.4 Å². The number of pyridine rings is 1. The summed E-state index contributed by atoms with van der Waals surface area (Å²) in [6.07, 6.45) is 2.84. The normalized spacial score (nSPS) is 11.2. The lowest BCUT2D eigenvalue weighted by Gasteiger charge is -2.11. The lowest BCUT2D eigenvalue weighted by atomic mass is 9.97. The minimum Gasteiger partial charge on any atom is -0.478 e. The molecule has 2 aromatic carbocycles. The molecule has 0 amide bonds. The lowest BCUT2D eigenvalue weighted by molar-refractivity contribution is 0.0696. The summed E-state index contributed by atoms with van der Waals surface area (Å²) in [5.74, 6) is -1.60. The molecule has 0 radical (unpaired) electrons. The van der Waals surface area contributed by atoms with Crippen LogP contribution >= 0.6 is 0 Å². The Balaban J connectivity index is 1.72.